The van der Waals surface area contributed by atoms with Gasteiger partial charge >= 0.3 is 0 Å². The minimum Gasteiger partial charge on any atom is -0.337 e. The molecule has 3 heterocycles. The molecule has 2 saturated heterocycles. The topological polar surface area (TPSA) is 70.6 Å². The van der Waals surface area contributed by atoms with Crippen molar-refractivity contribution in [2.75, 3.05) is 13.1 Å². The van der Waals surface area contributed by atoms with Crippen LogP contribution in [0.1, 0.15) is 18.4 Å². The molecule has 0 unspecified atom stereocenters. The smallest absolute Gasteiger partial charge is 0.245 e. The van der Waals surface area contributed by atoms with E-state index in [0.717, 1.165) is 0 Å². The number of amides is 1. The maximum Gasteiger partial charge on any atom is 0.245 e. The van der Waals surface area contributed by atoms with E-state index in [0.29, 0.717) is 31.5 Å². The number of fused-ring (bicyclic) bond motifs is 2. The van der Waals surface area contributed by atoms with E-state index in [-0.39, 0.29) is 29.1 Å². The molecule has 1 aromatic heterocycles. The fourth-order valence-corrected chi connectivity index (χ4v) is 5.51. The quantitative estimate of drug-likeness (QED) is 0.802. The number of rotatable bonds is 4. The first-order valence-electron chi connectivity index (χ1n) is 8.90. The highest BCUT2D eigenvalue weighted by atomic mass is 32.2. The monoisotopic (exact) mass is 389 g/mol. The summed E-state index contributed by atoms with van der Waals surface area (Å²) in [5.41, 5.74) is 0.699. The van der Waals surface area contributed by atoms with Crippen LogP contribution in [0.25, 0.3) is 0 Å². The highest BCUT2D eigenvalue weighted by Gasteiger charge is 2.46. The van der Waals surface area contributed by atoms with Gasteiger partial charge in [-0.1, -0.05) is 12.1 Å². The van der Waals surface area contributed by atoms with Crippen LogP contribution in [0.15, 0.2) is 53.7 Å². The molecule has 4 rings (SSSR count). The highest BCUT2D eigenvalue weighted by molar-refractivity contribution is 7.89. The van der Waals surface area contributed by atoms with Crippen LogP contribution >= 0.6 is 0 Å². The Morgan fingerprint density at radius 1 is 1.22 bits per heavy atom. The van der Waals surface area contributed by atoms with Gasteiger partial charge in [0, 0.05) is 32.0 Å². The number of piperidine rings is 2. The Morgan fingerprint density at radius 3 is 2.81 bits per heavy atom. The summed E-state index contributed by atoms with van der Waals surface area (Å²) in [5.74, 6) is -0.317. The maximum absolute atomic E-state index is 13.5. The SMILES string of the molecule is O=C1[C@H]2C[C@H](CCN2S(=O)(=O)c2cccnc2)CN1Cc1cccc(F)c1. The van der Waals surface area contributed by atoms with E-state index in [2.05, 4.69) is 4.98 Å². The Labute approximate surface area is 157 Å². The zero-order chi connectivity index (χ0) is 19.0. The van der Waals surface area contributed by atoms with Gasteiger partial charge in [-0.05, 0) is 48.6 Å². The Kier molecular flexibility index (Phi) is 4.69. The lowest BCUT2D eigenvalue weighted by molar-refractivity contribution is -0.143. The summed E-state index contributed by atoms with van der Waals surface area (Å²) in [7, 11) is -3.79. The van der Waals surface area contributed by atoms with E-state index in [1.54, 1.807) is 23.1 Å². The first kappa shape index (κ1) is 18.1. The molecule has 142 valence electrons. The van der Waals surface area contributed by atoms with Gasteiger partial charge < -0.3 is 4.90 Å². The van der Waals surface area contributed by atoms with Crippen molar-refractivity contribution in [3.05, 3.63) is 60.2 Å². The summed E-state index contributed by atoms with van der Waals surface area (Å²) in [6.45, 7) is 1.18. The number of benzene rings is 1. The molecule has 2 atom stereocenters. The van der Waals surface area contributed by atoms with Crippen LogP contribution < -0.4 is 0 Å². The highest BCUT2D eigenvalue weighted by Crippen LogP contribution is 2.34. The molecule has 2 fully saturated rings. The summed E-state index contributed by atoms with van der Waals surface area (Å²) in [5, 5.41) is 0. The fraction of sp³-hybridized carbons (Fsp3) is 0.368. The molecule has 2 aliphatic heterocycles. The Balaban J connectivity index is 1.59. The molecular weight excluding hydrogens is 369 g/mol. The number of pyridine rings is 1. The molecule has 27 heavy (non-hydrogen) atoms. The van der Waals surface area contributed by atoms with Crippen LogP contribution in [-0.2, 0) is 21.4 Å². The van der Waals surface area contributed by atoms with Gasteiger partial charge in [-0.25, -0.2) is 12.8 Å². The van der Waals surface area contributed by atoms with E-state index in [4.69, 9.17) is 0 Å². The van der Waals surface area contributed by atoms with Crippen molar-refractivity contribution in [3.63, 3.8) is 0 Å². The molecule has 8 heteroatoms. The molecule has 0 aliphatic carbocycles. The van der Waals surface area contributed by atoms with Gasteiger partial charge in [-0.2, -0.15) is 4.31 Å². The second-order valence-corrected chi connectivity index (χ2v) is 8.95. The van der Waals surface area contributed by atoms with Gasteiger partial charge in [-0.3, -0.25) is 9.78 Å². The number of likely N-dealkylation sites (tertiary alicyclic amines) is 1. The summed E-state index contributed by atoms with van der Waals surface area (Å²) in [4.78, 5) is 18.7. The Bertz CT molecular complexity index is 952. The van der Waals surface area contributed by atoms with Crippen LogP contribution in [0.4, 0.5) is 4.39 Å². The van der Waals surface area contributed by atoms with E-state index in [1.807, 2.05) is 0 Å². The van der Waals surface area contributed by atoms with Crippen LogP contribution in [0.2, 0.25) is 0 Å². The van der Waals surface area contributed by atoms with Crippen LogP contribution in [0.5, 0.6) is 0 Å². The predicted molar refractivity (Wildman–Crippen MR) is 96.5 cm³/mol. The van der Waals surface area contributed by atoms with Gasteiger partial charge in [0.25, 0.3) is 0 Å². The lowest BCUT2D eigenvalue weighted by atomic mass is 9.87. The molecule has 2 aromatic rings. The zero-order valence-corrected chi connectivity index (χ0v) is 15.5. The standard InChI is InChI=1S/C19H20FN3O3S/c20-16-4-1-3-14(9-16)12-22-13-15-6-8-23(18(10-15)19(22)24)27(25,26)17-5-2-7-21-11-17/h1-5,7,9,11,15,18H,6,8,10,12-13H2/t15-,18+/m0/s1. The van der Waals surface area contributed by atoms with E-state index < -0.39 is 16.1 Å². The lowest BCUT2D eigenvalue weighted by Crippen LogP contribution is -2.59. The lowest BCUT2D eigenvalue weighted by Gasteiger charge is -2.45. The van der Waals surface area contributed by atoms with Crippen LogP contribution in [0, 0.1) is 11.7 Å². The molecule has 0 radical (unpaired) electrons. The number of aromatic nitrogens is 1. The van der Waals surface area contributed by atoms with E-state index in [1.165, 1.54) is 34.9 Å². The second kappa shape index (κ2) is 7.01. The van der Waals surface area contributed by atoms with Crippen LogP contribution in [-0.4, -0.2) is 47.6 Å². The van der Waals surface area contributed by atoms with Crippen molar-refractivity contribution in [3.8, 4) is 0 Å². The number of carbonyl (C=O) groups is 1. The minimum absolute atomic E-state index is 0.0958. The number of sulfonamides is 1. The number of nitrogens with zero attached hydrogens (tertiary/aromatic N) is 3. The van der Waals surface area contributed by atoms with Gasteiger partial charge in [0.05, 0.1) is 0 Å². The van der Waals surface area contributed by atoms with Gasteiger partial charge in [0.15, 0.2) is 0 Å². The van der Waals surface area contributed by atoms with Crippen LogP contribution in [0.3, 0.4) is 0 Å². The molecule has 0 saturated carbocycles. The number of halogens is 1. The maximum atomic E-state index is 13.5. The average Bonchev–Trinajstić information content (AvgIpc) is 2.66. The number of hydrogen-bond donors (Lipinski definition) is 0. The predicted octanol–water partition coefficient (Wildman–Crippen LogP) is 2.03. The van der Waals surface area contributed by atoms with Crippen molar-refractivity contribution in [2.24, 2.45) is 5.92 Å². The summed E-state index contributed by atoms with van der Waals surface area (Å²) in [6, 6.07) is 8.49. The molecular formula is C19H20FN3O3S. The zero-order valence-electron chi connectivity index (χ0n) is 14.7. The summed E-state index contributed by atoms with van der Waals surface area (Å²) >= 11 is 0. The van der Waals surface area contributed by atoms with Gasteiger partial charge in [-0.15, -0.1) is 0 Å². The summed E-state index contributed by atoms with van der Waals surface area (Å²) < 4.78 is 40.8. The third kappa shape index (κ3) is 3.46. The van der Waals surface area contributed by atoms with Gasteiger partial charge in [0.1, 0.15) is 16.8 Å². The molecule has 1 amide bonds. The minimum atomic E-state index is -3.79. The molecule has 0 N–H and O–H groups in total. The van der Waals surface area contributed by atoms with E-state index in [9.17, 15) is 17.6 Å². The third-order valence-corrected chi connectivity index (χ3v) is 7.13. The molecule has 0 spiro atoms. The second-order valence-electron chi connectivity index (χ2n) is 7.06. The number of carbonyl (C=O) groups excluding carboxylic acids is 1. The molecule has 6 nitrogen and oxygen atoms in total. The molecule has 2 bridgehead atoms. The average molecular weight is 389 g/mol. The molecule has 2 aliphatic rings. The normalized spacial score (nSPS) is 23.4. The van der Waals surface area contributed by atoms with Crippen molar-refractivity contribution < 1.29 is 17.6 Å². The van der Waals surface area contributed by atoms with Gasteiger partial charge in [0.2, 0.25) is 15.9 Å². The fourth-order valence-electron chi connectivity index (χ4n) is 3.94. The van der Waals surface area contributed by atoms with E-state index >= 15 is 0 Å². The summed E-state index contributed by atoms with van der Waals surface area (Å²) in [6.07, 6.45) is 4.04. The van der Waals surface area contributed by atoms with Crippen molar-refractivity contribution >= 4 is 15.9 Å². The first-order valence-corrected chi connectivity index (χ1v) is 10.3. The first-order chi connectivity index (χ1) is 12.9. The number of hydrogen-bond acceptors (Lipinski definition) is 4. The molecule has 1 aromatic carbocycles. The van der Waals surface area contributed by atoms with Crippen molar-refractivity contribution in [2.45, 2.75) is 30.3 Å². The Hall–Kier alpha value is -2.32. The Morgan fingerprint density at radius 2 is 2.07 bits per heavy atom. The third-order valence-electron chi connectivity index (χ3n) is 5.24. The van der Waals surface area contributed by atoms with Crippen molar-refractivity contribution in [1.29, 1.82) is 0 Å². The largest absolute Gasteiger partial charge is 0.337 e. The van der Waals surface area contributed by atoms with Crippen molar-refractivity contribution in [1.82, 2.24) is 14.2 Å².